The molecule has 21 heavy (non-hydrogen) atoms. The minimum absolute atomic E-state index is 0.0965. The largest absolute Gasteiger partial charge is 0.368 e. The summed E-state index contributed by atoms with van der Waals surface area (Å²) in [6.45, 7) is 4.61. The van der Waals surface area contributed by atoms with Crippen molar-refractivity contribution in [1.29, 1.82) is 0 Å². The lowest BCUT2D eigenvalue weighted by molar-refractivity contribution is -0.124. The van der Waals surface area contributed by atoms with Crippen LogP contribution in [0.25, 0.3) is 5.69 Å². The van der Waals surface area contributed by atoms with Gasteiger partial charge in [-0.15, -0.1) is 0 Å². The normalized spacial score (nSPS) is 17.9. The van der Waals surface area contributed by atoms with Crippen LogP contribution in [-0.2, 0) is 9.53 Å². The molecular formula is C16H19N3O2. The van der Waals surface area contributed by atoms with E-state index < -0.39 is 0 Å². The molecule has 1 unspecified atom stereocenters. The number of nitrogens with one attached hydrogen (secondary N) is 1. The second-order valence-corrected chi connectivity index (χ2v) is 5.41. The van der Waals surface area contributed by atoms with E-state index in [2.05, 4.69) is 10.4 Å². The van der Waals surface area contributed by atoms with Crippen molar-refractivity contribution in [2.24, 2.45) is 0 Å². The van der Waals surface area contributed by atoms with Crippen LogP contribution in [0.3, 0.4) is 0 Å². The zero-order valence-corrected chi connectivity index (χ0v) is 12.3. The van der Waals surface area contributed by atoms with Gasteiger partial charge < -0.3 is 10.1 Å². The van der Waals surface area contributed by atoms with Gasteiger partial charge in [-0.3, -0.25) is 4.79 Å². The lowest BCUT2D eigenvalue weighted by atomic mass is 10.2. The first kappa shape index (κ1) is 13.8. The Kier molecular flexibility index (Phi) is 3.75. The van der Waals surface area contributed by atoms with Gasteiger partial charge >= 0.3 is 0 Å². The van der Waals surface area contributed by atoms with Crippen LogP contribution >= 0.6 is 0 Å². The molecule has 1 saturated heterocycles. The Morgan fingerprint density at radius 3 is 2.76 bits per heavy atom. The molecule has 0 aliphatic carbocycles. The number of hydrogen-bond acceptors (Lipinski definition) is 3. The minimum atomic E-state index is -0.341. The maximum absolute atomic E-state index is 12.2. The molecule has 1 aliphatic rings. The van der Waals surface area contributed by atoms with Gasteiger partial charge in [0, 0.05) is 12.7 Å². The van der Waals surface area contributed by atoms with Crippen LogP contribution in [0.5, 0.6) is 0 Å². The smallest absolute Gasteiger partial charge is 0.254 e. The van der Waals surface area contributed by atoms with Gasteiger partial charge in [-0.05, 0) is 38.8 Å². The summed E-state index contributed by atoms with van der Waals surface area (Å²) in [5.41, 5.74) is 2.97. The molecule has 1 N–H and O–H groups in total. The van der Waals surface area contributed by atoms with Crippen LogP contribution in [0, 0.1) is 13.8 Å². The van der Waals surface area contributed by atoms with Crippen LogP contribution in [0.2, 0.25) is 0 Å². The van der Waals surface area contributed by atoms with Crippen molar-refractivity contribution < 1.29 is 9.53 Å². The van der Waals surface area contributed by atoms with Crippen molar-refractivity contribution >= 4 is 11.7 Å². The van der Waals surface area contributed by atoms with Crippen molar-refractivity contribution in [2.45, 2.75) is 32.8 Å². The summed E-state index contributed by atoms with van der Waals surface area (Å²) in [6.07, 6.45) is 1.38. The van der Waals surface area contributed by atoms with E-state index in [1.807, 2.05) is 44.2 Å². The van der Waals surface area contributed by atoms with E-state index in [4.69, 9.17) is 4.74 Å². The number of rotatable bonds is 3. The maximum atomic E-state index is 12.2. The van der Waals surface area contributed by atoms with Crippen molar-refractivity contribution in [3.05, 3.63) is 41.6 Å². The Morgan fingerprint density at radius 2 is 2.10 bits per heavy atom. The number of carbonyl (C=O) groups is 1. The second-order valence-electron chi connectivity index (χ2n) is 5.41. The summed E-state index contributed by atoms with van der Waals surface area (Å²) in [7, 11) is 0. The van der Waals surface area contributed by atoms with Gasteiger partial charge in [0.05, 0.1) is 11.4 Å². The molecule has 1 fully saturated rings. The molecule has 0 saturated carbocycles. The Bertz CT molecular complexity index is 640. The molecule has 5 nitrogen and oxygen atoms in total. The van der Waals surface area contributed by atoms with Crippen LogP contribution < -0.4 is 5.32 Å². The van der Waals surface area contributed by atoms with Crippen molar-refractivity contribution in [3.8, 4) is 5.69 Å². The van der Waals surface area contributed by atoms with E-state index in [0.29, 0.717) is 12.4 Å². The molecule has 1 aliphatic heterocycles. The van der Waals surface area contributed by atoms with Crippen LogP contribution in [0.15, 0.2) is 30.3 Å². The van der Waals surface area contributed by atoms with Gasteiger partial charge in [-0.25, -0.2) is 4.68 Å². The SMILES string of the molecule is Cc1ccc(-n2nc(C)cc2NC(=O)C2CCCO2)cc1. The summed E-state index contributed by atoms with van der Waals surface area (Å²) in [5.74, 6) is 0.581. The zero-order valence-electron chi connectivity index (χ0n) is 12.3. The maximum Gasteiger partial charge on any atom is 0.254 e. The Labute approximate surface area is 123 Å². The van der Waals surface area contributed by atoms with E-state index >= 15 is 0 Å². The number of hydrogen-bond donors (Lipinski definition) is 1. The van der Waals surface area contributed by atoms with Crippen molar-refractivity contribution in [3.63, 3.8) is 0 Å². The highest BCUT2D eigenvalue weighted by Gasteiger charge is 2.24. The highest BCUT2D eigenvalue weighted by molar-refractivity contribution is 5.93. The summed E-state index contributed by atoms with van der Waals surface area (Å²) >= 11 is 0. The fourth-order valence-electron chi connectivity index (χ4n) is 2.46. The zero-order chi connectivity index (χ0) is 14.8. The third kappa shape index (κ3) is 2.97. The Hall–Kier alpha value is -2.14. The van der Waals surface area contributed by atoms with E-state index in [1.54, 1.807) is 4.68 Å². The predicted molar refractivity (Wildman–Crippen MR) is 80.6 cm³/mol. The molecule has 0 radical (unpaired) electrons. The topological polar surface area (TPSA) is 56.2 Å². The van der Waals surface area contributed by atoms with E-state index in [9.17, 15) is 4.79 Å². The molecule has 2 heterocycles. The molecule has 1 aromatic heterocycles. The number of ether oxygens (including phenoxy) is 1. The molecule has 1 aromatic carbocycles. The number of nitrogens with zero attached hydrogens (tertiary/aromatic N) is 2. The van der Waals surface area contributed by atoms with Gasteiger partial charge in [-0.2, -0.15) is 5.10 Å². The molecule has 3 rings (SSSR count). The molecule has 1 atom stereocenters. The average Bonchev–Trinajstić information content (AvgIpc) is 3.09. The van der Waals surface area contributed by atoms with Crippen molar-refractivity contribution in [2.75, 3.05) is 11.9 Å². The Balaban J connectivity index is 1.85. The lowest BCUT2D eigenvalue weighted by Gasteiger charge is -2.12. The fourth-order valence-corrected chi connectivity index (χ4v) is 2.46. The van der Waals surface area contributed by atoms with E-state index in [0.717, 1.165) is 24.2 Å². The summed E-state index contributed by atoms with van der Waals surface area (Å²) in [6, 6.07) is 9.90. The third-order valence-corrected chi connectivity index (χ3v) is 3.58. The molecule has 110 valence electrons. The molecule has 0 spiro atoms. The number of carbonyl (C=O) groups excluding carboxylic acids is 1. The number of benzene rings is 1. The van der Waals surface area contributed by atoms with Gasteiger partial charge in [-0.1, -0.05) is 17.7 Å². The second kappa shape index (κ2) is 5.69. The molecule has 1 amide bonds. The van der Waals surface area contributed by atoms with Crippen molar-refractivity contribution in [1.82, 2.24) is 9.78 Å². The fraction of sp³-hybridized carbons (Fsp3) is 0.375. The van der Waals surface area contributed by atoms with Gasteiger partial charge in [0.25, 0.3) is 5.91 Å². The summed E-state index contributed by atoms with van der Waals surface area (Å²) in [5, 5.41) is 7.37. The molecule has 0 bridgehead atoms. The first-order chi connectivity index (χ1) is 10.1. The quantitative estimate of drug-likeness (QED) is 0.943. The number of aromatic nitrogens is 2. The van der Waals surface area contributed by atoms with Gasteiger partial charge in [0.15, 0.2) is 0 Å². The minimum Gasteiger partial charge on any atom is -0.368 e. The molecular weight excluding hydrogens is 266 g/mol. The summed E-state index contributed by atoms with van der Waals surface area (Å²) in [4.78, 5) is 12.2. The monoisotopic (exact) mass is 285 g/mol. The highest BCUT2D eigenvalue weighted by atomic mass is 16.5. The standard InChI is InChI=1S/C16H19N3O2/c1-11-5-7-13(8-6-11)19-15(10-12(2)18-19)17-16(20)14-4-3-9-21-14/h5-8,10,14H,3-4,9H2,1-2H3,(H,17,20). The van der Waals surface area contributed by atoms with Crippen LogP contribution in [0.4, 0.5) is 5.82 Å². The number of anilines is 1. The van der Waals surface area contributed by atoms with Gasteiger partial charge in [0.2, 0.25) is 0 Å². The van der Waals surface area contributed by atoms with E-state index in [-0.39, 0.29) is 12.0 Å². The van der Waals surface area contributed by atoms with Crippen LogP contribution in [-0.4, -0.2) is 28.4 Å². The number of amides is 1. The first-order valence-corrected chi connectivity index (χ1v) is 7.19. The molecule has 5 heteroatoms. The van der Waals surface area contributed by atoms with Gasteiger partial charge in [0.1, 0.15) is 11.9 Å². The molecule has 2 aromatic rings. The Morgan fingerprint density at radius 1 is 1.33 bits per heavy atom. The first-order valence-electron chi connectivity index (χ1n) is 7.19. The highest BCUT2D eigenvalue weighted by Crippen LogP contribution is 2.20. The third-order valence-electron chi connectivity index (χ3n) is 3.58. The number of aryl methyl sites for hydroxylation is 2. The lowest BCUT2D eigenvalue weighted by Crippen LogP contribution is -2.27. The summed E-state index contributed by atoms with van der Waals surface area (Å²) < 4.78 is 7.16. The van der Waals surface area contributed by atoms with Crippen LogP contribution in [0.1, 0.15) is 24.1 Å². The average molecular weight is 285 g/mol. The van der Waals surface area contributed by atoms with E-state index in [1.165, 1.54) is 5.56 Å². The predicted octanol–water partition coefficient (Wildman–Crippen LogP) is 2.61.